The van der Waals surface area contributed by atoms with Crippen molar-refractivity contribution in [1.29, 1.82) is 0 Å². The number of ether oxygens (including phenoxy) is 2. The van der Waals surface area contributed by atoms with Gasteiger partial charge in [0.2, 0.25) is 6.29 Å². The van der Waals surface area contributed by atoms with Gasteiger partial charge in [-0.25, -0.2) is 4.79 Å². The molecule has 1 aliphatic rings. The second-order valence-electron chi connectivity index (χ2n) is 5.73. The molecule has 0 aromatic heterocycles. The monoisotopic (exact) mass is 358 g/mol. The van der Waals surface area contributed by atoms with Crippen LogP contribution >= 0.6 is 16.8 Å². The summed E-state index contributed by atoms with van der Waals surface area (Å²) < 4.78 is 17.1. The van der Waals surface area contributed by atoms with Gasteiger partial charge in [0.1, 0.15) is 6.10 Å². The molecule has 0 saturated carbocycles. The highest BCUT2D eigenvalue weighted by molar-refractivity contribution is 8.10. The molecule has 23 heavy (non-hydrogen) atoms. The van der Waals surface area contributed by atoms with E-state index in [4.69, 9.17) is 14.0 Å². The highest BCUT2D eigenvalue weighted by atomic mass is 32.0. The van der Waals surface area contributed by atoms with Crippen LogP contribution in [0.3, 0.4) is 0 Å². The number of carbonyl (C=O) groups excluding carboxylic acids is 1. The van der Waals surface area contributed by atoms with E-state index in [0.717, 1.165) is 6.42 Å². The maximum absolute atomic E-state index is 12.3. The summed E-state index contributed by atoms with van der Waals surface area (Å²) in [6.07, 6.45) is -2.02. The van der Waals surface area contributed by atoms with Gasteiger partial charge in [0.05, 0.1) is 11.7 Å². The molecule has 1 heterocycles. The number of aliphatic hydroxyl groups excluding tert-OH is 1. The fourth-order valence-electron chi connectivity index (χ4n) is 2.50. The summed E-state index contributed by atoms with van der Waals surface area (Å²) in [5.74, 6) is -0.343. The van der Waals surface area contributed by atoms with E-state index in [1.165, 1.54) is 0 Å². The lowest BCUT2D eigenvalue weighted by atomic mass is 9.96. The molecule has 0 bridgehead atoms. The summed E-state index contributed by atoms with van der Waals surface area (Å²) >= 11 is 0. The smallest absolute Gasteiger partial charge is 0.338 e. The summed E-state index contributed by atoms with van der Waals surface area (Å²) in [4.78, 5) is 12.3. The Labute approximate surface area is 140 Å². The van der Waals surface area contributed by atoms with E-state index >= 15 is 0 Å². The van der Waals surface area contributed by atoms with Crippen molar-refractivity contribution in [1.82, 2.24) is 0 Å². The molecule has 0 spiro atoms. The Morgan fingerprint density at radius 3 is 2.65 bits per heavy atom. The molecule has 1 aromatic carbocycles. The molecule has 1 N–H and O–H groups in total. The third-order valence-electron chi connectivity index (χ3n) is 3.96. The Kier molecular flexibility index (Phi) is 6.94. The van der Waals surface area contributed by atoms with Crippen LogP contribution < -0.4 is 0 Å². The van der Waals surface area contributed by atoms with Crippen molar-refractivity contribution >= 4 is 22.7 Å². The second-order valence-corrected chi connectivity index (χ2v) is 9.22. The van der Waals surface area contributed by atoms with E-state index in [9.17, 15) is 9.90 Å². The molecule has 3 unspecified atom stereocenters. The predicted molar refractivity (Wildman–Crippen MR) is 93.4 cm³/mol. The molecule has 128 valence electrons. The zero-order valence-corrected chi connectivity index (χ0v) is 15.6. The van der Waals surface area contributed by atoms with Gasteiger partial charge in [-0.3, -0.25) is 0 Å². The van der Waals surface area contributed by atoms with Gasteiger partial charge in [-0.15, -0.1) is 0 Å². The van der Waals surface area contributed by atoms with Crippen LogP contribution in [0, 0.1) is 5.92 Å². The van der Waals surface area contributed by atoms with Gasteiger partial charge in [0, 0.05) is 7.84 Å². The first-order chi connectivity index (χ1) is 10.9. The third kappa shape index (κ3) is 4.71. The topological polar surface area (TPSA) is 65.0 Å². The van der Waals surface area contributed by atoms with E-state index < -0.39 is 38.4 Å². The van der Waals surface area contributed by atoms with Crippen LogP contribution in [-0.2, 0) is 14.0 Å². The largest absolute Gasteiger partial charge is 0.450 e. The van der Waals surface area contributed by atoms with Crippen LogP contribution in [0.15, 0.2) is 30.3 Å². The van der Waals surface area contributed by atoms with Gasteiger partial charge in [-0.1, -0.05) is 47.4 Å². The van der Waals surface area contributed by atoms with Crippen molar-refractivity contribution < 1.29 is 23.9 Å². The molecular formula is C16H24O5P2. The number of hydrogen-bond acceptors (Lipinski definition) is 5. The Hall–Kier alpha value is -0.570. The van der Waals surface area contributed by atoms with E-state index in [-0.39, 0.29) is 5.92 Å². The molecule has 2 rings (SSSR count). The lowest BCUT2D eigenvalue weighted by Crippen LogP contribution is -2.39. The first kappa shape index (κ1) is 18.8. The van der Waals surface area contributed by atoms with Gasteiger partial charge < -0.3 is 19.1 Å². The number of esters is 1. The number of carbonyl (C=O) groups is 1. The molecule has 1 aromatic rings. The molecule has 0 aliphatic carbocycles. The first-order valence-electron chi connectivity index (χ1n) is 7.68. The minimum Gasteiger partial charge on any atom is -0.450 e. The molecule has 1 aliphatic heterocycles. The number of rotatable bonds is 6. The maximum Gasteiger partial charge on any atom is 0.338 e. The molecule has 1 saturated heterocycles. The van der Waals surface area contributed by atoms with Crippen LogP contribution in [-0.4, -0.2) is 42.3 Å². The number of aliphatic hydroxyl groups is 1. The molecule has 5 nitrogen and oxygen atoms in total. The van der Waals surface area contributed by atoms with E-state index in [2.05, 4.69) is 8.93 Å². The fraction of sp³-hybridized carbons (Fsp3) is 0.562. The lowest BCUT2D eigenvalue weighted by molar-refractivity contribution is -0.115. The molecule has 0 radical (unpaired) electrons. The maximum atomic E-state index is 12.3. The number of benzene rings is 1. The zero-order valence-electron chi connectivity index (χ0n) is 13.6. The predicted octanol–water partition coefficient (Wildman–Crippen LogP) is 3.18. The summed E-state index contributed by atoms with van der Waals surface area (Å²) in [5, 5.41) is 10.5. The highest BCUT2D eigenvalue weighted by Crippen LogP contribution is 2.46. The second kappa shape index (κ2) is 8.50. The summed E-state index contributed by atoms with van der Waals surface area (Å²) in [6.45, 7) is 5.94. The molecule has 7 atom stereocenters. The van der Waals surface area contributed by atoms with Gasteiger partial charge in [-0.05, 0) is 24.7 Å². The standard InChI is InChI=1S/C16H24O5P2/c1-4-10(2)13-12(17)14(16(20-13)21-23(3)22)19-15(18)11-8-6-5-7-9-11/h5-10,12-14,16-17H,4,22H2,1-3H3/t10-,12?,13+,14+,16+,23?/m1/s1. The Bertz CT molecular complexity index is 510. The summed E-state index contributed by atoms with van der Waals surface area (Å²) in [5.41, 5.74) is 0.440. The summed E-state index contributed by atoms with van der Waals surface area (Å²) in [7, 11) is 1.78. The van der Waals surface area contributed by atoms with Gasteiger partial charge in [-0.2, -0.15) is 0 Å². The molecular weight excluding hydrogens is 334 g/mol. The van der Waals surface area contributed by atoms with Crippen molar-refractivity contribution in [3.63, 3.8) is 0 Å². The van der Waals surface area contributed by atoms with E-state index in [1.54, 1.807) is 24.3 Å². The van der Waals surface area contributed by atoms with Crippen LogP contribution in [0.1, 0.15) is 30.6 Å². The van der Waals surface area contributed by atoms with Crippen LogP contribution in [0.4, 0.5) is 0 Å². The average Bonchev–Trinajstić information content (AvgIpc) is 2.83. The summed E-state index contributed by atoms with van der Waals surface area (Å²) in [6, 6.07) is 8.71. The Balaban J connectivity index is 2.13. The van der Waals surface area contributed by atoms with Crippen molar-refractivity contribution in [3.8, 4) is 0 Å². The Morgan fingerprint density at radius 2 is 2.09 bits per heavy atom. The third-order valence-corrected chi connectivity index (χ3v) is 4.87. The van der Waals surface area contributed by atoms with Crippen molar-refractivity contribution in [2.24, 2.45) is 5.92 Å². The van der Waals surface area contributed by atoms with Gasteiger partial charge >= 0.3 is 5.97 Å². The first-order valence-corrected chi connectivity index (χ1v) is 11.0. The Morgan fingerprint density at radius 1 is 1.43 bits per heavy atom. The van der Waals surface area contributed by atoms with E-state index in [1.807, 2.05) is 26.6 Å². The van der Waals surface area contributed by atoms with Crippen LogP contribution in [0.5, 0.6) is 0 Å². The lowest BCUT2D eigenvalue weighted by Gasteiger charge is -2.22. The van der Waals surface area contributed by atoms with Gasteiger partial charge in [0.25, 0.3) is 0 Å². The minimum atomic E-state index is -0.900. The molecule has 7 heteroatoms. The zero-order chi connectivity index (χ0) is 17.0. The quantitative estimate of drug-likeness (QED) is 0.625. The minimum absolute atomic E-state index is 0.143. The fourth-order valence-corrected chi connectivity index (χ4v) is 3.36. The highest BCUT2D eigenvalue weighted by Gasteiger charge is 2.49. The van der Waals surface area contributed by atoms with Gasteiger partial charge in [0.15, 0.2) is 6.10 Å². The van der Waals surface area contributed by atoms with Crippen LogP contribution in [0.25, 0.3) is 0 Å². The number of hydrogen-bond donors (Lipinski definition) is 1. The van der Waals surface area contributed by atoms with Crippen LogP contribution in [0.2, 0.25) is 0 Å². The normalized spacial score (nSPS) is 30.0. The van der Waals surface area contributed by atoms with Crippen molar-refractivity contribution in [3.05, 3.63) is 35.9 Å². The average molecular weight is 358 g/mol. The van der Waals surface area contributed by atoms with E-state index in [0.29, 0.717) is 5.56 Å². The van der Waals surface area contributed by atoms with Crippen molar-refractivity contribution in [2.75, 3.05) is 6.66 Å². The molecule has 1 fully saturated rings. The van der Waals surface area contributed by atoms with Crippen molar-refractivity contribution in [2.45, 2.75) is 44.9 Å². The SMILES string of the molecule is CC[C@@H](C)[C@@H]1O[C@@H](OP(C)P)[C@@H](OC(=O)c2ccccc2)C1O. The molecule has 0 amide bonds.